The van der Waals surface area contributed by atoms with Gasteiger partial charge >= 0.3 is 25.5 Å². The molecule has 1 rings (SSSR count). The second-order valence-electron chi connectivity index (χ2n) is 5.49. The fourth-order valence-electron chi connectivity index (χ4n) is 2.58. The van der Waals surface area contributed by atoms with Crippen LogP contribution in [0, 0.1) is 0 Å². The molecule has 0 saturated carbocycles. The lowest BCUT2D eigenvalue weighted by molar-refractivity contribution is -0.165. The van der Waals surface area contributed by atoms with Gasteiger partial charge in [-0.05, 0) is 0 Å². The van der Waals surface area contributed by atoms with Crippen molar-refractivity contribution in [3.8, 4) is 0 Å². The third-order valence-corrected chi connectivity index (χ3v) is 5.55. The molecule has 0 aromatic heterocycles. The molecule has 1 aliphatic heterocycles. The summed E-state index contributed by atoms with van der Waals surface area (Å²) < 4.78 is 37.7. The van der Waals surface area contributed by atoms with E-state index in [0.717, 1.165) is 0 Å². The van der Waals surface area contributed by atoms with E-state index in [1.807, 2.05) is 0 Å². The van der Waals surface area contributed by atoms with Crippen LogP contribution in [-0.4, -0.2) is 69.2 Å². The van der Waals surface area contributed by atoms with Crippen LogP contribution in [0.25, 0.3) is 0 Å². The van der Waals surface area contributed by atoms with Crippen LogP contribution in [-0.2, 0) is 42.2 Å². The van der Waals surface area contributed by atoms with Crippen molar-refractivity contribution in [2.24, 2.45) is 0 Å². The van der Waals surface area contributed by atoms with Crippen LogP contribution < -0.4 is 5.32 Å². The fourth-order valence-corrected chi connectivity index (χ4v) is 3.82. The first-order valence-corrected chi connectivity index (χ1v) is 9.29. The smallest absolute Gasteiger partial charge is 0.331 e. The lowest BCUT2D eigenvalue weighted by Gasteiger charge is -2.25. The molecule has 0 bridgehead atoms. The first-order chi connectivity index (χ1) is 11.6. The maximum Gasteiger partial charge on any atom is 0.331 e. The zero-order valence-electron chi connectivity index (χ0n) is 14.8. The predicted octanol–water partition coefficient (Wildman–Crippen LogP) is 0.239. The monoisotopic (exact) mass is 381 g/mol. The number of carbonyl (C=O) groups excluding carboxylic acids is 3. The van der Waals surface area contributed by atoms with Crippen molar-refractivity contribution >= 4 is 25.5 Å². The second-order valence-corrected chi connectivity index (χ2v) is 7.81. The van der Waals surface area contributed by atoms with Crippen LogP contribution in [0.3, 0.4) is 0 Å². The minimum Gasteiger partial charge on any atom is -0.464 e. The Bertz CT molecular complexity index is 544. The SMILES string of the molecule is COP(=O)(C[C@@H]1N[C@H](COC(C)=O)[C@@H](OC(C)=O)[C@@H]1OC(C)=O)OC. The first kappa shape index (κ1) is 21.6. The summed E-state index contributed by atoms with van der Waals surface area (Å²) in [5.74, 6) is -1.72. The van der Waals surface area contributed by atoms with Gasteiger partial charge in [-0.15, -0.1) is 0 Å². The van der Waals surface area contributed by atoms with Gasteiger partial charge in [0.2, 0.25) is 0 Å². The Morgan fingerprint density at radius 2 is 1.36 bits per heavy atom. The highest BCUT2D eigenvalue weighted by atomic mass is 31.2. The van der Waals surface area contributed by atoms with Crippen LogP contribution in [0.4, 0.5) is 0 Å². The zero-order chi connectivity index (χ0) is 19.2. The second kappa shape index (κ2) is 9.28. The van der Waals surface area contributed by atoms with E-state index in [4.69, 9.17) is 23.3 Å². The van der Waals surface area contributed by atoms with Gasteiger partial charge in [-0.3, -0.25) is 18.9 Å². The molecule has 144 valence electrons. The Morgan fingerprint density at radius 3 is 1.76 bits per heavy atom. The predicted molar refractivity (Wildman–Crippen MR) is 84.9 cm³/mol. The van der Waals surface area contributed by atoms with Gasteiger partial charge in [-0.2, -0.15) is 0 Å². The fraction of sp³-hybridized carbons (Fsp3) is 0.786. The Balaban J connectivity index is 3.07. The summed E-state index contributed by atoms with van der Waals surface area (Å²) in [5, 5.41) is 3.02. The third-order valence-electron chi connectivity index (χ3n) is 3.59. The summed E-state index contributed by atoms with van der Waals surface area (Å²) >= 11 is 0. The topological polar surface area (TPSA) is 126 Å². The van der Waals surface area contributed by atoms with Gasteiger partial charge in [0.25, 0.3) is 0 Å². The van der Waals surface area contributed by atoms with Gasteiger partial charge in [0, 0.05) is 35.0 Å². The maximum atomic E-state index is 12.4. The lowest BCUT2D eigenvalue weighted by Crippen LogP contribution is -2.42. The molecule has 1 N–H and O–H groups in total. The van der Waals surface area contributed by atoms with Crippen molar-refractivity contribution in [1.82, 2.24) is 5.32 Å². The van der Waals surface area contributed by atoms with Crippen LogP contribution in [0.1, 0.15) is 20.8 Å². The van der Waals surface area contributed by atoms with E-state index < -0.39 is 49.8 Å². The summed E-state index contributed by atoms with van der Waals surface area (Å²) in [6.45, 7) is 3.52. The van der Waals surface area contributed by atoms with Crippen LogP contribution in [0.15, 0.2) is 0 Å². The Kier molecular flexibility index (Phi) is 8.01. The molecule has 0 aliphatic carbocycles. The molecule has 0 aromatic carbocycles. The van der Waals surface area contributed by atoms with E-state index in [1.165, 1.54) is 35.0 Å². The minimum atomic E-state index is -3.44. The van der Waals surface area contributed by atoms with Gasteiger partial charge in [0.05, 0.1) is 18.2 Å². The van der Waals surface area contributed by atoms with Crippen molar-refractivity contribution in [2.75, 3.05) is 27.0 Å². The molecule has 1 fully saturated rings. The average molecular weight is 381 g/mol. The molecule has 0 unspecified atom stereocenters. The number of rotatable bonds is 8. The largest absolute Gasteiger partial charge is 0.464 e. The molecule has 11 heteroatoms. The van der Waals surface area contributed by atoms with E-state index in [0.29, 0.717) is 0 Å². The van der Waals surface area contributed by atoms with Crippen LogP contribution in [0.2, 0.25) is 0 Å². The highest BCUT2D eigenvalue weighted by molar-refractivity contribution is 7.53. The van der Waals surface area contributed by atoms with Gasteiger partial charge < -0.3 is 28.6 Å². The van der Waals surface area contributed by atoms with E-state index in [2.05, 4.69) is 5.32 Å². The summed E-state index contributed by atoms with van der Waals surface area (Å²) in [7, 11) is -0.966. The Labute approximate surface area is 146 Å². The molecule has 1 saturated heterocycles. The zero-order valence-corrected chi connectivity index (χ0v) is 15.7. The van der Waals surface area contributed by atoms with Crippen molar-refractivity contribution in [3.63, 3.8) is 0 Å². The molecule has 1 aliphatic rings. The standard InChI is InChI=1S/C14H24NO9P/c1-8(16)22-6-11-13(23-9(2)17)14(24-10(3)18)12(15-11)7-25(19,20-4)21-5/h11-15H,6-7H2,1-5H3/t11-,12+,13-,14-/m1/s1. The molecule has 4 atom stereocenters. The molecule has 25 heavy (non-hydrogen) atoms. The molecular formula is C14H24NO9P. The minimum absolute atomic E-state index is 0.119. The van der Waals surface area contributed by atoms with Crippen molar-refractivity contribution in [2.45, 2.75) is 45.1 Å². The van der Waals surface area contributed by atoms with E-state index in [9.17, 15) is 18.9 Å². The van der Waals surface area contributed by atoms with Gasteiger partial charge in [-0.1, -0.05) is 0 Å². The molecule has 1 heterocycles. The molecule has 0 radical (unpaired) electrons. The summed E-state index contributed by atoms with van der Waals surface area (Å²) in [6, 6.07) is -1.34. The van der Waals surface area contributed by atoms with Gasteiger partial charge in [0.15, 0.2) is 12.2 Å². The van der Waals surface area contributed by atoms with Crippen molar-refractivity contribution in [1.29, 1.82) is 0 Å². The molecule has 10 nitrogen and oxygen atoms in total. The van der Waals surface area contributed by atoms with E-state index in [-0.39, 0.29) is 12.8 Å². The number of carbonyl (C=O) groups is 3. The van der Waals surface area contributed by atoms with Crippen LogP contribution in [0.5, 0.6) is 0 Å². The van der Waals surface area contributed by atoms with E-state index >= 15 is 0 Å². The molecular weight excluding hydrogens is 357 g/mol. The number of hydrogen-bond acceptors (Lipinski definition) is 10. The number of esters is 3. The Hall–Kier alpha value is -1.48. The maximum absolute atomic E-state index is 12.4. The summed E-state index contributed by atoms with van der Waals surface area (Å²) in [6.07, 6.45) is -2.00. The van der Waals surface area contributed by atoms with Crippen molar-refractivity contribution in [3.05, 3.63) is 0 Å². The number of hydrogen-bond donors (Lipinski definition) is 1. The third kappa shape index (κ3) is 6.39. The van der Waals surface area contributed by atoms with Gasteiger partial charge in [0.1, 0.15) is 6.61 Å². The van der Waals surface area contributed by atoms with Crippen LogP contribution >= 0.6 is 7.60 Å². The number of ether oxygens (including phenoxy) is 3. The number of nitrogens with one attached hydrogen (secondary N) is 1. The van der Waals surface area contributed by atoms with Crippen molar-refractivity contribution < 1.29 is 42.2 Å². The Morgan fingerprint density at radius 1 is 0.880 bits per heavy atom. The lowest BCUT2D eigenvalue weighted by atomic mass is 10.1. The normalized spacial score (nSPS) is 26.1. The molecule has 0 aromatic rings. The summed E-state index contributed by atoms with van der Waals surface area (Å²) in [5.41, 5.74) is 0. The highest BCUT2D eigenvalue weighted by Gasteiger charge is 2.50. The average Bonchev–Trinajstić information content (AvgIpc) is 2.81. The molecule has 0 amide bonds. The first-order valence-electron chi connectivity index (χ1n) is 7.56. The quantitative estimate of drug-likeness (QED) is 0.355. The van der Waals surface area contributed by atoms with Gasteiger partial charge in [-0.25, -0.2) is 0 Å². The highest BCUT2D eigenvalue weighted by Crippen LogP contribution is 2.48. The summed E-state index contributed by atoms with van der Waals surface area (Å²) in [4.78, 5) is 33.9. The van der Waals surface area contributed by atoms with E-state index in [1.54, 1.807) is 0 Å². The molecule has 0 spiro atoms.